The number of halogens is 4. The minimum atomic E-state index is -4.51. The van der Waals surface area contributed by atoms with Crippen molar-refractivity contribution >= 4 is 37.5 Å². The van der Waals surface area contributed by atoms with Crippen LogP contribution in [0.5, 0.6) is 11.5 Å². The number of hydrogen-bond donors (Lipinski definition) is 3. The normalized spacial score (nSPS) is 13.3. The predicted octanol–water partition coefficient (Wildman–Crippen LogP) is 4.55. The van der Waals surface area contributed by atoms with Gasteiger partial charge >= 0.3 is 12.1 Å². The Morgan fingerprint density at radius 2 is 1.67 bits per heavy atom. The Hall–Kier alpha value is -4.65. The van der Waals surface area contributed by atoms with Gasteiger partial charge in [-0.2, -0.15) is 13.2 Å². The first-order valence-corrected chi connectivity index (χ1v) is 17.0. The zero-order valence-electron chi connectivity index (χ0n) is 25.5. The molecule has 0 radical (unpaired) electrons. The summed E-state index contributed by atoms with van der Waals surface area (Å²) >= 11 is 0.911. The maximum Gasteiger partial charge on any atom is 0.416 e. The molecule has 0 fully saturated rings. The van der Waals surface area contributed by atoms with Gasteiger partial charge in [0.25, 0.3) is 10.0 Å². The third-order valence-electron chi connectivity index (χ3n) is 7.26. The number of carboxylic acid groups (broad SMARTS) is 1. The van der Waals surface area contributed by atoms with Crippen molar-refractivity contribution in [1.29, 1.82) is 0 Å². The van der Waals surface area contributed by atoms with E-state index in [0.717, 1.165) is 29.0 Å². The zero-order chi connectivity index (χ0) is 35.2. The highest BCUT2D eigenvalue weighted by molar-refractivity contribution is 7.91. The molecule has 0 bridgehead atoms. The van der Waals surface area contributed by atoms with Gasteiger partial charge in [0.1, 0.15) is 43.1 Å². The van der Waals surface area contributed by atoms with Crippen LogP contribution in [0.25, 0.3) is 10.2 Å². The van der Waals surface area contributed by atoms with E-state index in [1.165, 1.54) is 12.1 Å². The molecule has 4 N–H and O–H groups in total. The molecule has 18 heteroatoms. The van der Waals surface area contributed by atoms with Gasteiger partial charge in [0.05, 0.1) is 28.0 Å². The summed E-state index contributed by atoms with van der Waals surface area (Å²) in [6.45, 7) is -0.626. The molecule has 5 rings (SSSR count). The van der Waals surface area contributed by atoms with Gasteiger partial charge in [-0.05, 0) is 66.4 Å². The van der Waals surface area contributed by atoms with Crippen LogP contribution in [0.1, 0.15) is 28.4 Å². The van der Waals surface area contributed by atoms with Gasteiger partial charge in [0.2, 0.25) is 4.34 Å². The molecule has 49 heavy (non-hydrogen) atoms. The first kappa shape index (κ1) is 35.7. The summed E-state index contributed by atoms with van der Waals surface area (Å²) in [5, 5.41) is 26.5. The highest BCUT2D eigenvalue weighted by Crippen LogP contribution is 2.30. The summed E-state index contributed by atoms with van der Waals surface area (Å²) in [6, 6.07) is 14.5. The molecule has 2 heterocycles. The summed E-state index contributed by atoms with van der Waals surface area (Å²) in [7, 11) is -3.95. The Bertz CT molecular complexity index is 1990. The second-order valence-electron chi connectivity index (χ2n) is 10.9. The van der Waals surface area contributed by atoms with E-state index < -0.39 is 46.5 Å². The maximum absolute atomic E-state index is 13.0. The molecule has 3 aromatic carbocycles. The standard InChI is InChI=1S/C31H30F4N6O6S2/c32-11-12-46-24-7-3-19(4-8-24)13-23(16-37-27(29(42)43)14-20-1-5-21(6-2-20)31(33,34)35)41-17-22(39-40-41)18-47-25-9-10-26-28(15-25)48-30(38-26)49(36,44)45/h1-10,15,17,23,27,37H,11-14,16,18H2,(H,42,43)(H2,36,44,45)/t23-,27-/m1/s1. The van der Waals surface area contributed by atoms with E-state index in [9.17, 15) is 35.9 Å². The quantitative estimate of drug-likeness (QED) is 0.123. The lowest BCUT2D eigenvalue weighted by atomic mass is 10.0. The fourth-order valence-corrected chi connectivity index (χ4v) is 6.50. The van der Waals surface area contributed by atoms with Crippen LogP contribution in [-0.4, -0.2) is 65.3 Å². The number of ether oxygens (including phenoxy) is 2. The summed E-state index contributed by atoms with van der Waals surface area (Å²) in [6.07, 6.45) is -2.58. The second-order valence-corrected chi connectivity index (χ2v) is 13.6. The number of rotatable bonds is 16. The molecule has 0 saturated heterocycles. The molecule has 0 spiro atoms. The number of nitrogens with zero attached hydrogens (tertiary/aromatic N) is 4. The van der Waals surface area contributed by atoms with Crippen molar-refractivity contribution < 1.29 is 45.4 Å². The average molecular weight is 723 g/mol. The summed E-state index contributed by atoms with van der Waals surface area (Å²) in [5.41, 5.74) is 1.30. The van der Waals surface area contributed by atoms with Gasteiger partial charge in [-0.25, -0.2) is 27.6 Å². The van der Waals surface area contributed by atoms with Crippen LogP contribution >= 0.6 is 11.3 Å². The minimum Gasteiger partial charge on any atom is -0.491 e. The average Bonchev–Trinajstić information content (AvgIpc) is 3.72. The fraction of sp³-hybridized carbons (Fsp3) is 0.290. The van der Waals surface area contributed by atoms with Crippen molar-refractivity contribution in [2.24, 2.45) is 5.14 Å². The topological polar surface area (TPSA) is 172 Å². The first-order chi connectivity index (χ1) is 23.3. The smallest absolute Gasteiger partial charge is 0.416 e. The summed E-state index contributed by atoms with van der Waals surface area (Å²) < 4.78 is 87.9. The van der Waals surface area contributed by atoms with Crippen molar-refractivity contribution in [2.75, 3.05) is 19.8 Å². The first-order valence-electron chi connectivity index (χ1n) is 14.7. The van der Waals surface area contributed by atoms with Crippen LogP contribution in [0.2, 0.25) is 0 Å². The number of sulfonamides is 1. The predicted molar refractivity (Wildman–Crippen MR) is 171 cm³/mol. The Balaban J connectivity index is 1.30. The van der Waals surface area contributed by atoms with Crippen LogP contribution in [0.4, 0.5) is 17.6 Å². The SMILES string of the molecule is NS(=O)(=O)c1nc2ccc(OCc3cn([C@@H](CN[C@H](Cc4ccc(C(F)(F)F)cc4)C(=O)O)Cc4ccc(OCCF)cc4)nn3)cc2s1. The van der Waals surface area contributed by atoms with Gasteiger partial charge in [-0.3, -0.25) is 4.79 Å². The molecule has 5 aromatic rings. The number of aliphatic carboxylic acids is 1. The van der Waals surface area contributed by atoms with E-state index in [2.05, 4.69) is 20.6 Å². The van der Waals surface area contributed by atoms with Crippen molar-refractivity contribution in [2.45, 2.75) is 42.0 Å². The molecule has 260 valence electrons. The molecule has 0 aliphatic rings. The number of nitrogens with two attached hydrogens (primary N) is 1. The summed E-state index contributed by atoms with van der Waals surface area (Å²) in [4.78, 5) is 16.2. The van der Waals surface area contributed by atoms with Crippen LogP contribution in [0.15, 0.2) is 77.3 Å². The van der Waals surface area contributed by atoms with Gasteiger partial charge in [-0.1, -0.05) is 29.5 Å². The number of hydrogen-bond acceptors (Lipinski definition) is 10. The van der Waals surface area contributed by atoms with Gasteiger partial charge in [0, 0.05) is 6.54 Å². The lowest BCUT2D eigenvalue weighted by Crippen LogP contribution is -2.42. The highest BCUT2D eigenvalue weighted by Gasteiger charge is 2.30. The van der Waals surface area contributed by atoms with Crippen LogP contribution in [0.3, 0.4) is 0 Å². The van der Waals surface area contributed by atoms with E-state index in [1.807, 2.05) is 0 Å². The number of alkyl halides is 4. The summed E-state index contributed by atoms with van der Waals surface area (Å²) in [5.74, 6) is -0.279. The zero-order valence-corrected chi connectivity index (χ0v) is 27.1. The van der Waals surface area contributed by atoms with Gasteiger partial charge in [-0.15, -0.1) is 16.4 Å². The molecule has 2 aromatic heterocycles. The maximum atomic E-state index is 13.0. The molecule has 12 nitrogen and oxygen atoms in total. The van der Waals surface area contributed by atoms with E-state index in [-0.39, 0.29) is 30.5 Å². The van der Waals surface area contributed by atoms with Crippen LogP contribution in [0, 0.1) is 0 Å². The third kappa shape index (κ3) is 9.71. The molecular formula is C31H30F4N6O6S2. The molecule has 2 atom stereocenters. The molecule has 0 saturated carbocycles. The van der Waals surface area contributed by atoms with Crippen molar-refractivity contribution in [3.8, 4) is 11.5 Å². The van der Waals surface area contributed by atoms with Gasteiger partial charge < -0.3 is 19.9 Å². The number of nitrogens with one attached hydrogen (secondary N) is 1. The lowest BCUT2D eigenvalue weighted by Gasteiger charge is -2.21. The Morgan fingerprint density at radius 3 is 2.33 bits per heavy atom. The molecule has 0 aliphatic carbocycles. The number of benzene rings is 3. The lowest BCUT2D eigenvalue weighted by molar-refractivity contribution is -0.140. The van der Waals surface area contributed by atoms with Gasteiger partial charge in [0.15, 0.2) is 0 Å². The third-order valence-corrected chi connectivity index (χ3v) is 9.60. The van der Waals surface area contributed by atoms with Crippen molar-refractivity contribution in [3.63, 3.8) is 0 Å². The van der Waals surface area contributed by atoms with E-state index >= 15 is 0 Å². The highest BCUT2D eigenvalue weighted by atomic mass is 32.2. The van der Waals surface area contributed by atoms with E-state index in [4.69, 9.17) is 14.6 Å². The number of primary sulfonamides is 1. The molecule has 0 amide bonds. The fourth-order valence-electron chi connectivity index (χ4n) is 4.81. The van der Waals surface area contributed by atoms with Crippen LogP contribution < -0.4 is 19.9 Å². The van der Waals surface area contributed by atoms with E-state index in [1.54, 1.807) is 53.3 Å². The second kappa shape index (κ2) is 15.3. The molecule has 0 unspecified atom stereocenters. The number of fused-ring (bicyclic) bond motifs is 1. The van der Waals surface area contributed by atoms with Crippen molar-refractivity contribution in [1.82, 2.24) is 25.3 Å². The number of aromatic nitrogens is 4. The Labute approximate surface area is 281 Å². The minimum absolute atomic E-state index is 0.00121. The number of carboxylic acids is 1. The Morgan fingerprint density at radius 1 is 1.00 bits per heavy atom. The monoisotopic (exact) mass is 722 g/mol. The molecular weight excluding hydrogens is 693 g/mol. The largest absolute Gasteiger partial charge is 0.491 e. The van der Waals surface area contributed by atoms with Crippen molar-refractivity contribution in [3.05, 3.63) is 95.3 Å². The Kier molecular flexibility index (Phi) is 11.1. The van der Waals surface area contributed by atoms with E-state index in [0.29, 0.717) is 39.4 Å². The number of thiazole rings is 1. The molecule has 0 aliphatic heterocycles. The van der Waals surface area contributed by atoms with Crippen LogP contribution in [-0.2, 0) is 40.4 Å². The number of carbonyl (C=O) groups is 1.